The molecule has 0 saturated heterocycles. The molecule has 5 nitrogen and oxygen atoms in total. The Balaban J connectivity index is 1.27. The average molecular weight is 477 g/mol. The molecular formula is C30H40N2O3. The molecule has 188 valence electrons. The highest BCUT2D eigenvalue weighted by Gasteiger charge is 2.60. The van der Waals surface area contributed by atoms with Gasteiger partial charge in [-0.3, -0.25) is 14.3 Å². The van der Waals surface area contributed by atoms with Gasteiger partial charge >= 0.3 is 5.97 Å². The molecule has 4 saturated carbocycles. The monoisotopic (exact) mass is 476 g/mol. The average Bonchev–Trinajstić information content (AvgIpc) is 3.55. The molecule has 5 heteroatoms. The van der Waals surface area contributed by atoms with E-state index in [-0.39, 0.29) is 22.9 Å². The molecule has 0 spiro atoms. The Bertz CT molecular complexity index is 1090. The fourth-order valence-corrected chi connectivity index (χ4v) is 8.83. The number of hydrogen-bond donors (Lipinski definition) is 0. The van der Waals surface area contributed by atoms with Crippen molar-refractivity contribution in [2.75, 3.05) is 0 Å². The standard InChI is InChI=1S/C30H40N2O3/c1-19(33)35-24-10-13-29(2)21(18-24)8-9-25-26(29)11-14-30(3)27(25)17-20(28(30)34)16-23-12-15-31-32(23)22-6-4-5-7-22/h8,12,15-16,22,24-27H,4-7,9-11,13-14,17-18H2,1-3H3/b20-16+/t24-,25+,26-,27-,29+,30-/m1/s1. The van der Waals surface area contributed by atoms with Crippen molar-refractivity contribution < 1.29 is 14.3 Å². The van der Waals surface area contributed by atoms with Crippen LogP contribution in [0.5, 0.6) is 0 Å². The van der Waals surface area contributed by atoms with E-state index in [9.17, 15) is 9.59 Å². The van der Waals surface area contributed by atoms with Crippen molar-refractivity contribution >= 4 is 17.8 Å². The first-order valence-electron chi connectivity index (χ1n) is 14.0. The lowest BCUT2D eigenvalue weighted by Gasteiger charge is -2.56. The highest BCUT2D eigenvalue weighted by Crippen LogP contribution is 2.64. The van der Waals surface area contributed by atoms with Gasteiger partial charge < -0.3 is 4.74 Å². The first-order chi connectivity index (χ1) is 16.8. The minimum absolute atomic E-state index is 0.0320. The van der Waals surface area contributed by atoms with Crippen LogP contribution in [-0.4, -0.2) is 27.6 Å². The van der Waals surface area contributed by atoms with Gasteiger partial charge in [0.15, 0.2) is 5.78 Å². The lowest BCUT2D eigenvalue weighted by Crippen LogP contribution is -2.50. The number of Topliss-reactive ketones (excluding diaryl/α,β-unsaturated/α-hetero) is 1. The van der Waals surface area contributed by atoms with Gasteiger partial charge in [-0.2, -0.15) is 5.10 Å². The van der Waals surface area contributed by atoms with Crippen molar-refractivity contribution in [1.29, 1.82) is 0 Å². The number of ether oxygens (including phenoxy) is 1. The Hall–Kier alpha value is -2.17. The summed E-state index contributed by atoms with van der Waals surface area (Å²) >= 11 is 0. The third-order valence-electron chi connectivity index (χ3n) is 10.7. The Morgan fingerprint density at radius 1 is 1.09 bits per heavy atom. The summed E-state index contributed by atoms with van der Waals surface area (Å²) in [6.45, 7) is 6.23. The second-order valence-electron chi connectivity index (χ2n) is 12.5. The molecule has 1 aromatic heterocycles. The number of allylic oxidation sites excluding steroid dienone is 2. The Morgan fingerprint density at radius 3 is 2.63 bits per heavy atom. The largest absolute Gasteiger partial charge is 0.462 e. The van der Waals surface area contributed by atoms with Gasteiger partial charge in [0.2, 0.25) is 0 Å². The second-order valence-corrected chi connectivity index (χ2v) is 12.5. The molecule has 0 amide bonds. The van der Waals surface area contributed by atoms with Gasteiger partial charge in [0.25, 0.3) is 0 Å². The predicted molar refractivity (Wildman–Crippen MR) is 135 cm³/mol. The van der Waals surface area contributed by atoms with Crippen LogP contribution in [0, 0.1) is 28.6 Å². The molecule has 0 bridgehead atoms. The van der Waals surface area contributed by atoms with Crippen molar-refractivity contribution in [2.24, 2.45) is 28.6 Å². The van der Waals surface area contributed by atoms with Crippen LogP contribution in [0.15, 0.2) is 29.5 Å². The molecule has 4 fully saturated rings. The van der Waals surface area contributed by atoms with E-state index in [0.717, 1.165) is 56.2 Å². The molecule has 0 N–H and O–H groups in total. The van der Waals surface area contributed by atoms with Crippen LogP contribution < -0.4 is 0 Å². The van der Waals surface area contributed by atoms with Crippen LogP contribution >= 0.6 is 0 Å². The van der Waals surface area contributed by atoms with Crippen LogP contribution in [0.3, 0.4) is 0 Å². The summed E-state index contributed by atoms with van der Waals surface area (Å²) in [7, 11) is 0. The van der Waals surface area contributed by atoms with Gasteiger partial charge in [0.05, 0.1) is 11.7 Å². The number of carbonyl (C=O) groups excluding carboxylic acids is 2. The summed E-state index contributed by atoms with van der Waals surface area (Å²) in [6.07, 6.45) is 18.5. The van der Waals surface area contributed by atoms with Crippen LogP contribution in [0.2, 0.25) is 0 Å². The number of esters is 1. The zero-order valence-corrected chi connectivity index (χ0v) is 21.6. The number of nitrogens with zero attached hydrogens (tertiary/aromatic N) is 2. The van der Waals surface area contributed by atoms with Crippen molar-refractivity contribution in [3.63, 3.8) is 0 Å². The van der Waals surface area contributed by atoms with Gasteiger partial charge in [0, 0.05) is 25.0 Å². The lowest BCUT2D eigenvalue weighted by atomic mass is 9.48. The van der Waals surface area contributed by atoms with Crippen molar-refractivity contribution in [3.05, 3.63) is 35.2 Å². The number of rotatable bonds is 3. The van der Waals surface area contributed by atoms with Crippen LogP contribution in [-0.2, 0) is 14.3 Å². The Labute approximate surface area is 209 Å². The van der Waals surface area contributed by atoms with E-state index in [4.69, 9.17) is 4.74 Å². The number of ketones is 1. The predicted octanol–water partition coefficient (Wildman–Crippen LogP) is 6.46. The molecule has 6 atom stereocenters. The van der Waals surface area contributed by atoms with E-state index in [1.807, 2.05) is 6.20 Å². The van der Waals surface area contributed by atoms with E-state index in [2.05, 4.69) is 41.8 Å². The first-order valence-corrected chi connectivity index (χ1v) is 14.0. The zero-order valence-electron chi connectivity index (χ0n) is 21.6. The maximum Gasteiger partial charge on any atom is 0.302 e. The molecule has 0 aromatic carbocycles. The highest BCUT2D eigenvalue weighted by atomic mass is 16.5. The molecule has 5 aliphatic rings. The topological polar surface area (TPSA) is 61.2 Å². The summed E-state index contributed by atoms with van der Waals surface area (Å²) < 4.78 is 7.77. The van der Waals surface area contributed by atoms with Gasteiger partial charge in [-0.25, -0.2) is 0 Å². The SMILES string of the molecule is CC(=O)O[C@@H]1CC[C@@]2(C)C(=CC[C@@H]3[C@H]4C/C(=C\c5ccnn5C5CCCC5)C(=O)[C@]4(C)CC[C@H]32)C1. The molecular weight excluding hydrogens is 436 g/mol. The van der Waals surface area contributed by atoms with E-state index in [1.165, 1.54) is 38.2 Å². The van der Waals surface area contributed by atoms with Crippen molar-refractivity contribution in [2.45, 2.75) is 104 Å². The fraction of sp³-hybridized carbons (Fsp3) is 0.700. The van der Waals surface area contributed by atoms with Gasteiger partial charge in [0.1, 0.15) is 6.10 Å². The molecule has 0 unspecified atom stereocenters. The molecule has 0 radical (unpaired) electrons. The number of hydrogen-bond acceptors (Lipinski definition) is 4. The molecule has 1 heterocycles. The summed E-state index contributed by atoms with van der Waals surface area (Å²) in [6, 6.07) is 2.57. The van der Waals surface area contributed by atoms with Crippen molar-refractivity contribution in [1.82, 2.24) is 9.78 Å². The van der Waals surface area contributed by atoms with Crippen LogP contribution in [0.1, 0.15) is 103 Å². The minimum atomic E-state index is -0.234. The normalized spacial score (nSPS) is 40.3. The number of carbonyl (C=O) groups is 2. The highest BCUT2D eigenvalue weighted by molar-refractivity contribution is 6.05. The Kier molecular flexibility index (Phi) is 5.61. The number of aromatic nitrogens is 2. The lowest BCUT2D eigenvalue weighted by molar-refractivity contribution is -0.148. The molecule has 5 aliphatic carbocycles. The molecule has 6 rings (SSSR count). The van der Waals surface area contributed by atoms with Crippen LogP contribution in [0.4, 0.5) is 0 Å². The summed E-state index contributed by atoms with van der Waals surface area (Å²) in [5, 5.41) is 4.64. The molecule has 0 aliphatic heterocycles. The van der Waals surface area contributed by atoms with E-state index < -0.39 is 0 Å². The maximum atomic E-state index is 13.8. The maximum absolute atomic E-state index is 13.8. The van der Waals surface area contributed by atoms with E-state index in [1.54, 1.807) is 0 Å². The van der Waals surface area contributed by atoms with Gasteiger partial charge in [-0.1, -0.05) is 38.3 Å². The summed E-state index contributed by atoms with van der Waals surface area (Å²) in [5.74, 6) is 1.82. The third-order valence-corrected chi connectivity index (χ3v) is 10.7. The van der Waals surface area contributed by atoms with Crippen LogP contribution in [0.25, 0.3) is 6.08 Å². The zero-order chi connectivity index (χ0) is 24.4. The molecule has 35 heavy (non-hydrogen) atoms. The third kappa shape index (κ3) is 3.67. The minimum Gasteiger partial charge on any atom is -0.462 e. The van der Waals surface area contributed by atoms with Gasteiger partial charge in [-0.05, 0) is 92.3 Å². The first kappa shape index (κ1) is 23.2. The smallest absolute Gasteiger partial charge is 0.302 e. The Morgan fingerprint density at radius 2 is 1.86 bits per heavy atom. The second kappa shape index (κ2) is 8.45. The number of fused-ring (bicyclic) bond motifs is 5. The van der Waals surface area contributed by atoms with Gasteiger partial charge in [-0.15, -0.1) is 0 Å². The van der Waals surface area contributed by atoms with E-state index in [0.29, 0.717) is 29.6 Å². The quantitative estimate of drug-likeness (QED) is 0.285. The molecule has 1 aromatic rings. The van der Waals surface area contributed by atoms with E-state index >= 15 is 0 Å². The fourth-order valence-electron chi connectivity index (χ4n) is 8.83. The summed E-state index contributed by atoms with van der Waals surface area (Å²) in [4.78, 5) is 25.4. The summed E-state index contributed by atoms with van der Waals surface area (Å²) in [5.41, 5.74) is 3.58. The van der Waals surface area contributed by atoms with Crippen molar-refractivity contribution in [3.8, 4) is 0 Å².